The third-order valence-corrected chi connectivity index (χ3v) is 4.85. The Morgan fingerprint density at radius 1 is 1.30 bits per heavy atom. The Hall–Kier alpha value is -1.06. The van der Waals surface area contributed by atoms with Gasteiger partial charge in [-0.1, -0.05) is 46.0 Å². The number of amides is 1. The van der Waals surface area contributed by atoms with Crippen LogP contribution in [0.4, 0.5) is 5.13 Å². The molecule has 0 spiro atoms. The lowest BCUT2D eigenvalue weighted by Gasteiger charge is -2.15. The molecule has 0 aromatic carbocycles. The Morgan fingerprint density at radius 3 is 2.40 bits per heavy atom. The van der Waals surface area contributed by atoms with Gasteiger partial charge in [-0.15, -0.1) is 10.2 Å². The van der Waals surface area contributed by atoms with Crippen LogP contribution in [-0.2, 0) is 14.8 Å². The zero-order chi connectivity index (χ0) is 15.6. The van der Waals surface area contributed by atoms with Crippen molar-refractivity contribution in [2.45, 2.75) is 39.0 Å². The zero-order valence-corrected chi connectivity index (χ0v) is 13.9. The SMILES string of the molecule is CC(C)CNS(=O)(=O)c1nnc(NC(=O)C(C)(C)C)s1. The van der Waals surface area contributed by atoms with Gasteiger partial charge < -0.3 is 5.32 Å². The van der Waals surface area contributed by atoms with Crippen LogP contribution in [0.1, 0.15) is 34.6 Å². The first-order chi connectivity index (χ1) is 9.02. The van der Waals surface area contributed by atoms with Crippen LogP contribution in [-0.4, -0.2) is 31.1 Å². The van der Waals surface area contributed by atoms with Crippen molar-refractivity contribution in [3.63, 3.8) is 0 Å². The number of hydrogen-bond donors (Lipinski definition) is 2. The van der Waals surface area contributed by atoms with Crippen molar-refractivity contribution in [2.24, 2.45) is 11.3 Å². The van der Waals surface area contributed by atoms with Gasteiger partial charge in [0.25, 0.3) is 10.0 Å². The molecule has 1 aromatic heterocycles. The monoisotopic (exact) mass is 320 g/mol. The van der Waals surface area contributed by atoms with Crippen molar-refractivity contribution in [1.82, 2.24) is 14.9 Å². The highest BCUT2D eigenvalue weighted by atomic mass is 32.2. The molecule has 0 fully saturated rings. The minimum atomic E-state index is -3.66. The van der Waals surface area contributed by atoms with Crippen molar-refractivity contribution in [3.8, 4) is 0 Å². The normalized spacial score (nSPS) is 12.7. The number of nitrogens with zero attached hydrogens (tertiary/aromatic N) is 2. The van der Waals surface area contributed by atoms with E-state index in [0.717, 1.165) is 11.3 Å². The highest BCUT2D eigenvalue weighted by Gasteiger charge is 2.25. The summed E-state index contributed by atoms with van der Waals surface area (Å²) in [5, 5.41) is 10.0. The molecule has 1 aromatic rings. The number of nitrogens with one attached hydrogen (secondary N) is 2. The molecule has 0 saturated heterocycles. The van der Waals surface area contributed by atoms with Gasteiger partial charge in [-0.3, -0.25) is 4.79 Å². The van der Waals surface area contributed by atoms with E-state index in [2.05, 4.69) is 20.2 Å². The molecule has 0 aliphatic heterocycles. The van der Waals surface area contributed by atoms with Crippen molar-refractivity contribution in [3.05, 3.63) is 0 Å². The number of sulfonamides is 1. The second-order valence-electron chi connectivity index (χ2n) is 5.82. The number of carbonyl (C=O) groups excluding carboxylic acids is 1. The Balaban J connectivity index is 2.80. The molecule has 1 amide bonds. The van der Waals surface area contributed by atoms with Crippen LogP contribution in [0, 0.1) is 11.3 Å². The number of anilines is 1. The maximum atomic E-state index is 11.9. The third kappa shape index (κ3) is 4.80. The van der Waals surface area contributed by atoms with Crippen molar-refractivity contribution in [2.75, 3.05) is 11.9 Å². The summed E-state index contributed by atoms with van der Waals surface area (Å²) in [6, 6.07) is 0. The van der Waals surface area contributed by atoms with Gasteiger partial charge in [-0.05, 0) is 5.92 Å². The van der Waals surface area contributed by atoms with E-state index >= 15 is 0 Å². The minimum absolute atomic E-state index is 0.151. The summed E-state index contributed by atoms with van der Waals surface area (Å²) in [6.07, 6.45) is 0. The molecule has 7 nitrogen and oxygen atoms in total. The second-order valence-corrected chi connectivity index (χ2v) is 8.74. The van der Waals surface area contributed by atoms with E-state index in [9.17, 15) is 13.2 Å². The first-order valence-electron chi connectivity index (χ1n) is 6.17. The molecule has 0 radical (unpaired) electrons. The summed E-state index contributed by atoms with van der Waals surface area (Å²) in [6.45, 7) is 9.39. The smallest absolute Gasteiger partial charge is 0.269 e. The molecule has 0 atom stereocenters. The molecule has 0 aliphatic rings. The zero-order valence-electron chi connectivity index (χ0n) is 12.2. The standard InChI is InChI=1S/C11H20N4O3S2/c1-7(2)6-12-20(17,18)10-15-14-9(19-10)13-8(16)11(3,4)5/h7,12H,6H2,1-5H3,(H,13,14,16). The maximum Gasteiger partial charge on any atom is 0.269 e. The first-order valence-corrected chi connectivity index (χ1v) is 8.47. The Kier molecular flexibility index (Phi) is 5.22. The van der Waals surface area contributed by atoms with E-state index in [4.69, 9.17) is 0 Å². The average Bonchev–Trinajstić information content (AvgIpc) is 2.74. The summed E-state index contributed by atoms with van der Waals surface area (Å²) in [5.74, 6) is -0.0505. The summed E-state index contributed by atoms with van der Waals surface area (Å²) >= 11 is 0.831. The summed E-state index contributed by atoms with van der Waals surface area (Å²) < 4.78 is 26.1. The van der Waals surface area contributed by atoms with E-state index in [1.807, 2.05) is 13.8 Å². The van der Waals surface area contributed by atoms with Gasteiger partial charge in [-0.2, -0.15) is 0 Å². The summed E-state index contributed by atoms with van der Waals surface area (Å²) in [4.78, 5) is 11.8. The number of rotatable bonds is 5. The predicted molar refractivity (Wildman–Crippen MR) is 78.0 cm³/mol. The minimum Gasteiger partial charge on any atom is -0.300 e. The number of aromatic nitrogens is 2. The van der Waals surface area contributed by atoms with Crippen molar-refractivity contribution < 1.29 is 13.2 Å². The van der Waals surface area contributed by atoms with Gasteiger partial charge in [0.2, 0.25) is 15.4 Å². The molecule has 9 heteroatoms. The molecule has 0 aliphatic carbocycles. The van der Waals surface area contributed by atoms with Gasteiger partial charge in [0.15, 0.2) is 0 Å². The van der Waals surface area contributed by atoms with Crippen LogP contribution < -0.4 is 10.0 Å². The van der Waals surface area contributed by atoms with Gasteiger partial charge >= 0.3 is 0 Å². The van der Waals surface area contributed by atoms with E-state index < -0.39 is 15.4 Å². The maximum absolute atomic E-state index is 11.9. The molecule has 2 N–H and O–H groups in total. The quantitative estimate of drug-likeness (QED) is 0.800. The predicted octanol–water partition coefficient (Wildman–Crippen LogP) is 1.46. The average molecular weight is 320 g/mol. The molecular weight excluding hydrogens is 300 g/mol. The molecule has 0 bridgehead atoms. The molecule has 20 heavy (non-hydrogen) atoms. The van der Waals surface area contributed by atoms with Crippen molar-refractivity contribution >= 4 is 32.4 Å². The highest BCUT2D eigenvalue weighted by molar-refractivity contribution is 7.91. The van der Waals surface area contributed by atoms with Crippen LogP contribution in [0.2, 0.25) is 0 Å². The molecule has 0 unspecified atom stereocenters. The lowest BCUT2D eigenvalue weighted by atomic mass is 9.96. The van der Waals surface area contributed by atoms with Crippen LogP contribution in [0.15, 0.2) is 4.34 Å². The fourth-order valence-corrected chi connectivity index (χ4v) is 3.14. The highest BCUT2D eigenvalue weighted by Crippen LogP contribution is 2.22. The molecule has 1 rings (SSSR count). The Morgan fingerprint density at radius 2 is 1.90 bits per heavy atom. The molecule has 114 valence electrons. The van der Waals surface area contributed by atoms with Crippen LogP contribution >= 0.6 is 11.3 Å². The molecule has 0 saturated carbocycles. The lowest BCUT2D eigenvalue weighted by Crippen LogP contribution is -2.27. The Labute approximate surface area is 123 Å². The molecular formula is C11H20N4O3S2. The van der Waals surface area contributed by atoms with Crippen molar-refractivity contribution in [1.29, 1.82) is 0 Å². The van der Waals surface area contributed by atoms with Crippen LogP contribution in [0.25, 0.3) is 0 Å². The fraction of sp³-hybridized carbons (Fsp3) is 0.727. The largest absolute Gasteiger partial charge is 0.300 e. The van der Waals surface area contributed by atoms with Gasteiger partial charge in [-0.25, -0.2) is 13.1 Å². The third-order valence-electron chi connectivity index (χ3n) is 2.22. The van der Waals surface area contributed by atoms with Gasteiger partial charge in [0.05, 0.1) is 0 Å². The Bertz CT molecular complexity index is 573. The second kappa shape index (κ2) is 6.15. The summed E-state index contributed by atoms with van der Waals surface area (Å²) in [5.41, 5.74) is -0.583. The van der Waals surface area contributed by atoms with E-state index in [1.165, 1.54) is 0 Å². The molecule has 1 heterocycles. The topological polar surface area (TPSA) is 101 Å². The van der Waals surface area contributed by atoms with E-state index in [1.54, 1.807) is 20.8 Å². The first kappa shape index (κ1) is 17.0. The fourth-order valence-electron chi connectivity index (χ4n) is 0.992. The van der Waals surface area contributed by atoms with Gasteiger partial charge in [0.1, 0.15) is 0 Å². The van der Waals surface area contributed by atoms with Crippen LogP contribution in [0.3, 0.4) is 0 Å². The van der Waals surface area contributed by atoms with E-state index in [-0.39, 0.29) is 21.3 Å². The van der Waals surface area contributed by atoms with Gasteiger partial charge in [0, 0.05) is 12.0 Å². The summed E-state index contributed by atoms with van der Waals surface area (Å²) in [7, 11) is -3.66. The number of hydrogen-bond acceptors (Lipinski definition) is 6. The number of carbonyl (C=O) groups is 1. The van der Waals surface area contributed by atoms with Crippen LogP contribution in [0.5, 0.6) is 0 Å². The lowest BCUT2D eigenvalue weighted by molar-refractivity contribution is -0.123. The van der Waals surface area contributed by atoms with E-state index in [0.29, 0.717) is 6.54 Å².